The van der Waals surface area contributed by atoms with Crippen LogP contribution < -0.4 is 5.32 Å². The Morgan fingerprint density at radius 3 is 2.43 bits per heavy atom. The molecule has 2 fully saturated rings. The maximum Gasteiger partial charge on any atom is 0.310 e. The maximum atomic E-state index is 12.3. The lowest BCUT2D eigenvalue weighted by Gasteiger charge is -2.31. The predicted molar refractivity (Wildman–Crippen MR) is 90.0 cm³/mol. The Hall–Kier alpha value is -1.10. The Kier molecular flexibility index (Phi) is 7.86. The van der Waals surface area contributed by atoms with Gasteiger partial charge in [0.25, 0.3) is 0 Å². The molecule has 0 spiro atoms. The van der Waals surface area contributed by atoms with Gasteiger partial charge in [-0.05, 0) is 39.2 Å². The first-order valence-electron chi connectivity index (χ1n) is 9.37. The topological polar surface area (TPSA) is 58.6 Å². The van der Waals surface area contributed by atoms with Gasteiger partial charge in [-0.15, -0.1) is 0 Å². The van der Waals surface area contributed by atoms with Gasteiger partial charge in [0.1, 0.15) is 0 Å². The van der Waals surface area contributed by atoms with Crippen LogP contribution in [-0.2, 0) is 14.3 Å². The van der Waals surface area contributed by atoms with E-state index in [1.54, 1.807) is 0 Å². The van der Waals surface area contributed by atoms with E-state index in [-0.39, 0.29) is 17.8 Å². The number of amides is 1. The van der Waals surface area contributed by atoms with Gasteiger partial charge >= 0.3 is 5.97 Å². The number of hydrogen-bond donors (Lipinski definition) is 1. The molecule has 132 valence electrons. The van der Waals surface area contributed by atoms with E-state index in [1.165, 1.54) is 32.1 Å². The lowest BCUT2D eigenvalue weighted by Crippen LogP contribution is -2.46. The molecular weight excluding hydrogens is 292 g/mol. The number of carbonyl (C=O) groups excluding carboxylic acids is 2. The highest BCUT2D eigenvalue weighted by Gasteiger charge is 2.28. The van der Waals surface area contributed by atoms with E-state index in [2.05, 4.69) is 10.2 Å². The second kappa shape index (κ2) is 9.91. The molecule has 1 aliphatic heterocycles. The molecule has 1 N–H and O–H groups in total. The van der Waals surface area contributed by atoms with Gasteiger partial charge in [0.2, 0.25) is 5.91 Å². The number of carbonyl (C=O) groups is 2. The summed E-state index contributed by atoms with van der Waals surface area (Å²) in [5.41, 5.74) is 0. The number of piperidine rings is 1. The molecule has 2 aliphatic rings. The Morgan fingerprint density at radius 1 is 1.04 bits per heavy atom. The molecular formula is C18H32N2O3. The van der Waals surface area contributed by atoms with E-state index in [1.807, 2.05) is 6.92 Å². The molecule has 1 atom stereocenters. The number of hydrogen-bond acceptors (Lipinski definition) is 4. The average Bonchev–Trinajstić information content (AvgIpc) is 2.50. The van der Waals surface area contributed by atoms with E-state index in [0.717, 1.165) is 32.2 Å². The second-order valence-electron chi connectivity index (χ2n) is 6.94. The van der Waals surface area contributed by atoms with Crippen LogP contribution in [0.1, 0.15) is 64.7 Å². The molecule has 5 nitrogen and oxygen atoms in total. The van der Waals surface area contributed by atoms with Gasteiger partial charge < -0.3 is 10.1 Å². The van der Waals surface area contributed by atoms with Crippen molar-refractivity contribution in [3.8, 4) is 0 Å². The van der Waals surface area contributed by atoms with Crippen LogP contribution in [0.4, 0.5) is 0 Å². The molecule has 2 rings (SSSR count). The lowest BCUT2D eigenvalue weighted by molar-refractivity contribution is -0.150. The normalized spacial score (nSPS) is 24.5. The Morgan fingerprint density at radius 2 is 1.74 bits per heavy atom. The van der Waals surface area contributed by atoms with Crippen LogP contribution in [0, 0.1) is 5.92 Å². The van der Waals surface area contributed by atoms with Crippen molar-refractivity contribution in [1.29, 1.82) is 0 Å². The Balaban J connectivity index is 1.74. The van der Waals surface area contributed by atoms with Crippen molar-refractivity contribution >= 4 is 11.9 Å². The van der Waals surface area contributed by atoms with Gasteiger partial charge in [0, 0.05) is 12.6 Å². The average molecular weight is 324 g/mol. The summed E-state index contributed by atoms with van der Waals surface area (Å²) < 4.78 is 5.12. The highest BCUT2D eigenvalue weighted by atomic mass is 16.5. The fourth-order valence-electron chi connectivity index (χ4n) is 3.73. The van der Waals surface area contributed by atoms with Crippen molar-refractivity contribution in [3.63, 3.8) is 0 Å². The third kappa shape index (κ3) is 6.50. The molecule has 0 aromatic rings. The maximum absolute atomic E-state index is 12.3. The fraction of sp³-hybridized carbons (Fsp3) is 0.889. The number of ether oxygens (including phenoxy) is 1. The largest absolute Gasteiger partial charge is 0.466 e. The number of likely N-dealkylation sites (tertiary alicyclic amines) is 1. The molecule has 0 radical (unpaired) electrons. The first-order valence-corrected chi connectivity index (χ1v) is 9.37. The molecule has 0 aromatic carbocycles. The van der Waals surface area contributed by atoms with Crippen molar-refractivity contribution in [2.45, 2.75) is 70.8 Å². The van der Waals surface area contributed by atoms with Crippen LogP contribution in [0.5, 0.6) is 0 Å². The highest BCUT2D eigenvalue weighted by molar-refractivity contribution is 5.78. The van der Waals surface area contributed by atoms with Crippen LogP contribution in [0.3, 0.4) is 0 Å². The van der Waals surface area contributed by atoms with Crippen LogP contribution >= 0.6 is 0 Å². The summed E-state index contributed by atoms with van der Waals surface area (Å²) >= 11 is 0. The van der Waals surface area contributed by atoms with Gasteiger partial charge in [-0.25, -0.2) is 0 Å². The minimum absolute atomic E-state index is 0.0714. The zero-order chi connectivity index (χ0) is 16.5. The van der Waals surface area contributed by atoms with Gasteiger partial charge in [-0.2, -0.15) is 0 Å². The molecule has 1 saturated heterocycles. The minimum Gasteiger partial charge on any atom is -0.466 e. The summed E-state index contributed by atoms with van der Waals surface area (Å²) in [5.74, 6) is -0.0735. The summed E-state index contributed by atoms with van der Waals surface area (Å²) in [6.07, 6.45) is 10.4. The zero-order valence-electron chi connectivity index (χ0n) is 14.5. The smallest absolute Gasteiger partial charge is 0.310 e. The molecule has 1 saturated carbocycles. The molecule has 1 amide bonds. The van der Waals surface area contributed by atoms with E-state index in [9.17, 15) is 9.59 Å². The SMILES string of the molecule is CCOC(=O)C1CCCN(CC(=O)NC2CCCCCCC2)C1. The van der Waals surface area contributed by atoms with Gasteiger partial charge in [0.05, 0.1) is 19.1 Å². The molecule has 0 bridgehead atoms. The highest BCUT2D eigenvalue weighted by Crippen LogP contribution is 2.19. The van der Waals surface area contributed by atoms with E-state index in [4.69, 9.17) is 4.74 Å². The first-order chi connectivity index (χ1) is 11.2. The standard InChI is InChI=1S/C18H32N2O3/c1-2-23-18(22)15-9-8-12-20(13-15)14-17(21)19-16-10-6-4-3-5-7-11-16/h15-16H,2-14H2,1H3,(H,19,21). The van der Waals surface area contributed by atoms with Crippen molar-refractivity contribution in [1.82, 2.24) is 10.2 Å². The third-order valence-corrected chi connectivity index (χ3v) is 4.96. The monoisotopic (exact) mass is 324 g/mol. The molecule has 1 unspecified atom stereocenters. The van der Waals surface area contributed by atoms with E-state index >= 15 is 0 Å². The number of rotatable bonds is 5. The zero-order valence-corrected chi connectivity index (χ0v) is 14.5. The summed E-state index contributed by atoms with van der Waals surface area (Å²) in [5, 5.41) is 3.21. The van der Waals surface area contributed by atoms with Crippen LogP contribution in [-0.4, -0.2) is 49.1 Å². The van der Waals surface area contributed by atoms with Crippen molar-refractivity contribution in [2.24, 2.45) is 5.92 Å². The second-order valence-corrected chi connectivity index (χ2v) is 6.94. The Labute approximate surface area is 140 Å². The summed E-state index contributed by atoms with van der Waals surface area (Å²) in [4.78, 5) is 26.3. The lowest BCUT2D eigenvalue weighted by atomic mass is 9.96. The minimum atomic E-state index is -0.113. The molecule has 0 aromatic heterocycles. The summed E-state index contributed by atoms with van der Waals surface area (Å²) in [7, 11) is 0. The van der Waals surface area contributed by atoms with Crippen LogP contribution in [0.15, 0.2) is 0 Å². The van der Waals surface area contributed by atoms with Gasteiger partial charge in [-0.3, -0.25) is 14.5 Å². The third-order valence-electron chi connectivity index (χ3n) is 4.96. The first kappa shape index (κ1) is 18.2. The van der Waals surface area contributed by atoms with Gasteiger partial charge in [-0.1, -0.05) is 32.1 Å². The Bertz CT molecular complexity index is 378. The van der Waals surface area contributed by atoms with Crippen LogP contribution in [0.25, 0.3) is 0 Å². The quantitative estimate of drug-likeness (QED) is 0.789. The number of nitrogens with one attached hydrogen (secondary N) is 1. The number of nitrogens with zero attached hydrogens (tertiary/aromatic N) is 1. The van der Waals surface area contributed by atoms with Crippen molar-refractivity contribution in [2.75, 3.05) is 26.2 Å². The van der Waals surface area contributed by atoms with Crippen molar-refractivity contribution in [3.05, 3.63) is 0 Å². The van der Waals surface area contributed by atoms with Crippen LogP contribution in [0.2, 0.25) is 0 Å². The van der Waals surface area contributed by atoms with Gasteiger partial charge in [0.15, 0.2) is 0 Å². The molecule has 5 heteroatoms. The molecule has 1 heterocycles. The van der Waals surface area contributed by atoms with E-state index < -0.39 is 0 Å². The molecule has 1 aliphatic carbocycles. The predicted octanol–water partition coefficient (Wildman–Crippen LogP) is 2.49. The summed E-state index contributed by atoms with van der Waals surface area (Å²) in [6.45, 7) is 4.22. The summed E-state index contributed by atoms with van der Waals surface area (Å²) in [6, 6.07) is 0.341. The fourth-order valence-corrected chi connectivity index (χ4v) is 3.73. The van der Waals surface area contributed by atoms with Crippen molar-refractivity contribution < 1.29 is 14.3 Å². The molecule has 23 heavy (non-hydrogen) atoms. The van der Waals surface area contributed by atoms with E-state index in [0.29, 0.717) is 25.7 Å². The number of esters is 1.